The lowest BCUT2D eigenvalue weighted by molar-refractivity contribution is -0.115. The Morgan fingerprint density at radius 1 is 1.57 bits per heavy atom. The Bertz CT molecular complexity index is 78.2. The van der Waals surface area contributed by atoms with E-state index in [9.17, 15) is 4.79 Å². The molecule has 0 amide bonds. The molecular formula is C6H10O. The van der Waals surface area contributed by atoms with Crippen molar-refractivity contribution < 1.29 is 4.79 Å². The first kappa shape index (κ1) is 4.82. The summed E-state index contributed by atoms with van der Waals surface area (Å²) in [5.74, 6) is 1.08. The van der Waals surface area contributed by atoms with Crippen LogP contribution in [0.3, 0.4) is 0 Å². The molecule has 0 aliphatic heterocycles. The molecule has 0 aromatic rings. The molecule has 1 fully saturated rings. The normalized spacial score (nSPS) is 39.6. The molecule has 1 saturated carbocycles. The van der Waals surface area contributed by atoms with Crippen LogP contribution in [0.1, 0.15) is 19.8 Å². The minimum atomic E-state index is 0.403. The molecule has 40 valence electrons. The molecule has 0 aromatic carbocycles. The Labute approximate surface area is 43.7 Å². The average molecular weight is 98.1 g/mol. The molecule has 7 heavy (non-hydrogen) atoms. The molecule has 0 spiro atoms. The fourth-order valence-corrected chi connectivity index (χ4v) is 0.895. The second-order valence-electron chi connectivity index (χ2n) is 2.35. The average Bonchev–Trinajstić information content (AvgIpc) is 1.65. The fourth-order valence-electron chi connectivity index (χ4n) is 0.895. The van der Waals surface area contributed by atoms with Crippen molar-refractivity contribution in [1.82, 2.24) is 0 Å². The third-order valence-electron chi connectivity index (χ3n) is 1.86. The van der Waals surface area contributed by atoms with Crippen molar-refractivity contribution in [1.29, 1.82) is 0 Å². The molecule has 1 nitrogen and oxygen atoms in total. The topological polar surface area (TPSA) is 17.1 Å². The highest BCUT2D eigenvalue weighted by Gasteiger charge is 2.25. The lowest BCUT2D eigenvalue weighted by Gasteiger charge is -2.28. The summed E-state index contributed by atoms with van der Waals surface area (Å²) in [6.45, 7) is 2.13. The van der Waals surface area contributed by atoms with Crippen molar-refractivity contribution in [3.8, 4) is 0 Å². The Kier molecular flexibility index (Phi) is 1.13. The number of hydrogen-bond acceptors (Lipinski definition) is 1. The first-order valence-electron chi connectivity index (χ1n) is 2.80. The van der Waals surface area contributed by atoms with Gasteiger partial charge >= 0.3 is 0 Å². The second kappa shape index (κ2) is 1.65. The van der Waals surface area contributed by atoms with Gasteiger partial charge in [-0.2, -0.15) is 0 Å². The molecule has 0 bridgehead atoms. The van der Waals surface area contributed by atoms with E-state index in [1.807, 2.05) is 0 Å². The van der Waals surface area contributed by atoms with Crippen molar-refractivity contribution in [2.24, 2.45) is 11.8 Å². The molecular weight excluding hydrogens is 88.1 g/mol. The maximum absolute atomic E-state index is 10.00. The van der Waals surface area contributed by atoms with E-state index in [1.165, 1.54) is 6.42 Å². The van der Waals surface area contributed by atoms with Crippen LogP contribution in [0.2, 0.25) is 0 Å². The summed E-state index contributed by atoms with van der Waals surface area (Å²) >= 11 is 0. The van der Waals surface area contributed by atoms with Gasteiger partial charge in [-0.05, 0) is 18.8 Å². The van der Waals surface area contributed by atoms with Gasteiger partial charge in [0.15, 0.2) is 0 Å². The Balaban J connectivity index is 2.28. The maximum Gasteiger partial charge on any atom is 0.123 e. The van der Waals surface area contributed by atoms with Crippen LogP contribution in [0.15, 0.2) is 0 Å². The van der Waals surface area contributed by atoms with Gasteiger partial charge in [0, 0.05) is 5.92 Å². The number of rotatable bonds is 1. The van der Waals surface area contributed by atoms with Gasteiger partial charge in [-0.25, -0.2) is 0 Å². The van der Waals surface area contributed by atoms with Gasteiger partial charge in [-0.1, -0.05) is 6.92 Å². The van der Waals surface area contributed by atoms with Crippen molar-refractivity contribution in [3.05, 3.63) is 0 Å². The zero-order valence-corrected chi connectivity index (χ0v) is 4.55. The monoisotopic (exact) mass is 98.1 g/mol. The van der Waals surface area contributed by atoms with Crippen molar-refractivity contribution in [2.75, 3.05) is 0 Å². The maximum atomic E-state index is 10.00. The summed E-state index contributed by atoms with van der Waals surface area (Å²) in [6.07, 6.45) is 3.46. The molecule has 1 heteroatoms. The fraction of sp³-hybridized carbons (Fsp3) is 0.833. The Hall–Kier alpha value is -0.330. The SMILES string of the molecule is C[C@@H]1CC[C@H]1C=O. The predicted octanol–water partition coefficient (Wildman–Crippen LogP) is 1.23. The van der Waals surface area contributed by atoms with Crippen LogP contribution in [-0.4, -0.2) is 6.29 Å². The minimum Gasteiger partial charge on any atom is -0.303 e. The highest BCUT2D eigenvalue weighted by molar-refractivity contribution is 5.55. The van der Waals surface area contributed by atoms with Crippen LogP contribution in [0.4, 0.5) is 0 Å². The number of aldehydes is 1. The van der Waals surface area contributed by atoms with E-state index >= 15 is 0 Å². The van der Waals surface area contributed by atoms with Crippen molar-refractivity contribution >= 4 is 6.29 Å². The van der Waals surface area contributed by atoms with Gasteiger partial charge in [0.05, 0.1) is 0 Å². The van der Waals surface area contributed by atoms with E-state index in [-0.39, 0.29) is 0 Å². The summed E-state index contributed by atoms with van der Waals surface area (Å²) in [7, 11) is 0. The minimum absolute atomic E-state index is 0.403. The van der Waals surface area contributed by atoms with Crippen LogP contribution >= 0.6 is 0 Å². The largest absolute Gasteiger partial charge is 0.303 e. The van der Waals surface area contributed by atoms with Gasteiger partial charge in [0.2, 0.25) is 0 Å². The van der Waals surface area contributed by atoms with E-state index in [0.29, 0.717) is 11.8 Å². The smallest absolute Gasteiger partial charge is 0.123 e. The predicted molar refractivity (Wildman–Crippen MR) is 28.0 cm³/mol. The van der Waals surface area contributed by atoms with E-state index < -0.39 is 0 Å². The Morgan fingerprint density at radius 2 is 2.29 bits per heavy atom. The highest BCUT2D eigenvalue weighted by atomic mass is 16.1. The summed E-state index contributed by atoms with van der Waals surface area (Å²) in [5, 5.41) is 0. The molecule has 0 unspecified atom stereocenters. The summed E-state index contributed by atoms with van der Waals surface area (Å²) in [6, 6.07) is 0. The molecule has 0 radical (unpaired) electrons. The molecule has 1 rings (SSSR count). The van der Waals surface area contributed by atoms with Crippen LogP contribution in [-0.2, 0) is 4.79 Å². The standard InChI is InChI=1S/C6H10O/c1-5-2-3-6(5)4-7/h4-6H,2-3H2,1H3/t5-,6+/m1/s1. The molecule has 1 aliphatic carbocycles. The summed E-state index contributed by atoms with van der Waals surface area (Å²) in [5.41, 5.74) is 0. The second-order valence-corrected chi connectivity index (χ2v) is 2.35. The number of carbonyl (C=O) groups excluding carboxylic acids is 1. The van der Waals surface area contributed by atoms with Gasteiger partial charge < -0.3 is 4.79 Å². The van der Waals surface area contributed by atoms with E-state index in [4.69, 9.17) is 0 Å². The van der Waals surface area contributed by atoms with Gasteiger partial charge in [-0.3, -0.25) is 0 Å². The summed E-state index contributed by atoms with van der Waals surface area (Å²) in [4.78, 5) is 10.00. The first-order valence-corrected chi connectivity index (χ1v) is 2.80. The van der Waals surface area contributed by atoms with E-state index in [1.54, 1.807) is 0 Å². The highest BCUT2D eigenvalue weighted by Crippen LogP contribution is 2.31. The van der Waals surface area contributed by atoms with Gasteiger partial charge in [0.25, 0.3) is 0 Å². The molecule has 1 aliphatic rings. The van der Waals surface area contributed by atoms with E-state index in [0.717, 1.165) is 12.7 Å². The van der Waals surface area contributed by atoms with Crippen LogP contribution < -0.4 is 0 Å². The summed E-state index contributed by atoms with van der Waals surface area (Å²) < 4.78 is 0. The lowest BCUT2D eigenvalue weighted by Crippen LogP contribution is -2.23. The quantitative estimate of drug-likeness (QED) is 0.451. The van der Waals surface area contributed by atoms with Gasteiger partial charge in [0.1, 0.15) is 6.29 Å². The third-order valence-corrected chi connectivity index (χ3v) is 1.86. The van der Waals surface area contributed by atoms with Crippen LogP contribution in [0.25, 0.3) is 0 Å². The lowest BCUT2D eigenvalue weighted by atomic mass is 9.76. The third kappa shape index (κ3) is 0.671. The molecule has 0 saturated heterocycles. The zero-order chi connectivity index (χ0) is 5.28. The Morgan fingerprint density at radius 3 is 2.29 bits per heavy atom. The molecule has 0 N–H and O–H groups in total. The van der Waals surface area contributed by atoms with Crippen molar-refractivity contribution in [2.45, 2.75) is 19.8 Å². The van der Waals surface area contributed by atoms with E-state index in [2.05, 4.69) is 6.92 Å². The van der Waals surface area contributed by atoms with Crippen LogP contribution in [0, 0.1) is 11.8 Å². The van der Waals surface area contributed by atoms with Crippen LogP contribution in [0.5, 0.6) is 0 Å². The zero-order valence-electron chi connectivity index (χ0n) is 4.55. The number of carbonyl (C=O) groups is 1. The number of hydrogen-bond donors (Lipinski definition) is 0. The molecule has 0 aromatic heterocycles. The molecule has 0 heterocycles. The van der Waals surface area contributed by atoms with Crippen molar-refractivity contribution in [3.63, 3.8) is 0 Å². The van der Waals surface area contributed by atoms with Gasteiger partial charge in [-0.15, -0.1) is 0 Å². The first-order chi connectivity index (χ1) is 3.34. The molecule has 2 atom stereocenters.